The van der Waals surface area contributed by atoms with Gasteiger partial charge >= 0.3 is 29.6 Å². The fraction of sp³-hybridized carbons (Fsp3) is 1.00. The minimum Gasteiger partial charge on any atom is -0.726 e. The van der Waals surface area contributed by atoms with Gasteiger partial charge in [-0.2, -0.15) is 0 Å². The number of unbranched alkanes of at least 4 members (excludes halogenated alkanes) is 9. The maximum absolute atomic E-state index is 10.1. The molecule has 0 fully saturated rings. The molecule has 0 saturated carbocycles. The number of hydrogen-bond acceptors (Lipinski definition) is 4. The summed E-state index contributed by atoms with van der Waals surface area (Å²) < 4.78 is 34.5. The van der Waals surface area contributed by atoms with Crippen molar-refractivity contribution >= 4 is 10.4 Å². The van der Waals surface area contributed by atoms with E-state index in [9.17, 15) is 13.0 Å². The minimum atomic E-state index is -4.48. The van der Waals surface area contributed by atoms with Crippen LogP contribution < -0.4 is 29.6 Å². The van der Waals surface area contributed by atoms with Crippen LogP contribution in [0.5, 0.6) is 0 Å². The molecule has 0 aliphatic heterocycles. The summed E-state index contributed by atoms with van der Waals surface area (Å²) in [6.07, 6.45) is 11.7. The van der Waals surface area contributed by atoms with Crippen molar-refractivity contribution in [3.8, 4) is 0 Å². The molecule has 0 aromatic heterocycles. The second-order valence-electron chi connectivity index (χ2n) is 4.41. The van der Waals surface area contributed by atoms with Gasteiger partial charge in [-0.3, -0.25) is 4.18 Å². The third kappa shape index (κ3) is 27.2. The molecule has 0 amide bonds. The largest absolute Gasteiger partial charge is 1.00 e. The minimum absolute atomic E-state index is 0. The van der Waals surface area contributed by atoms with Crippen LogP contribution in [0.15, 0.2) is 0 Å². The van der Waals surface area contributed by atoms with Crippen molar-refractivity contribution in [1.82, 2.24) is 0 Å². The van der Waals surface area contributed by atoms with Crippen molar-refractivity contribution in [3.05, 3.63) is 0 Å². The molecule has 0 unspecified atom stereocenters. The van der Waals surface area contributed by atoms with E-state index in [2.05, 4.69) is 11.1 Å². The first-order valence-electron chi connectivity index (χ1n) is 6.66. The Hall–Kier alpha value is 0.790. The molecule has 0 rings (SSSR count). The van der Waals surface area contributed by atoms with Crippen LogP contribution in [0.1, 0.15) is 71.1 Å². The van der Waals surface area contributed by atoms with Gasteiger partial charge in [0, 0.05) is 0 Å². The van der Waals surface area contributed by atoms with Crippen molar-refractivity contribution in [2.45, 2.75) is 71.1 Å². The van der Waals surface area contributed by atoms with E-state index in [0.29, 0.717) is 6.42 Å². The molecule has 4 N–H and O–H groups in total. The molecule has 0 atom stereocenters. The zero-order chi connectivity index (χ0) is 13.0. The summed E-state index contributed by atoms with van der Waals surface area (Å²) in [6.45, 7) is 2.24. The Labute approximate surface area is 145 Å². The molecule has 0 radical (unpaired) electrons. The summed E-state index contributed by atoms with van der Waals surface area (Å²) in [5.74, 6) is 0. The molecular formula is C12H29NaO6S. The Morgan fingerprint density at radius 1 is 0.800 bits per heavy atom. The van der Waals surface area contributed by atoms with Crippen LogP contribution in [0.25, 0.3) is 0 Å². The van der Waals surface area contributed by atoms with E-state index >= 15 is 0 Å². The molecular weight excluding hydrogens is 295 g/mol. The van der Waals surface area contributed by atoms with Crippen LogP contribution in [-0.2, 0) is 14.6 Å². The normalized spacial score (nSPS) is 10.1. The Bertz CT molecular complexity index is 259. The van der Waals surface area contributed by atoms with E-state index in [1.165, 1.54) is 44.9 Å². The first-order valence-corrected chi connectivity index (χ1v) is 8.00. The van der Waals surface area contributed by atoms with Gasteiger partial charge in [-0.15, -0.1) is 0 Å². The topological polar surface area (TPSA) is 129 Å². The van der Waals surface area contributed by atoms with E-state index in [0.717, 1.165) is 12.8 Å². The van der Waals surface area contributed by atoms with Crippen molar-refractivity contribution in [3.63, 3.8) is 0 Å². The van der Waals surface area contributed by atoms with Crippen LogP contribution >= 0.6 is 0 Å². The van der Waals surface area contributed by atoms with Crippen LogP contribution in [-0.4, -0.2) is 30.5 Å². The molecule has 8 heteroatoms. The summed E-state index contributed by atoms with van der Waals surface area (Å²) in [5.41, 5.74) is 0. The smallest absolute Gasteiger partial charge is 0.726 e. The molecule has 6 nitrogen and oxygen atoms in total. The van der Waals surface area contributed by atoms with Crippen LogP contribution in [0.3, 0.4) is 0 Å². The monoisotopic (exact) mass is 324 g/mol. The molecule has 0 aromatic carbocycles. The second-order valence-corrected chi connectivity index (χ2v) is 5.46. The third-order valence-electron chi connectivity index (χ3n) is 2.73. The molecule has 0 saturated heterocycles. The number of rotatable bonds is 12. The Kier molecular flexibility index (Phi) is 28.6. The predicted octanol–water partition coefficient (Wildman–Crippen LogP) is -1.26. The van der Waals surface area contributed by atoms with Crippen molar-refractivity contribution < 1.29 is 57.7 Å². The van der Waals surface area contributed by atoms with Crippen molar-refractivity contribution in [1.29, 1.82) is 0 Å². The van der Waals surface area contributed by atoms with E-state index in [-0.39, 0.29) is 47.1 Å². The van der Waals surface area contributed by atoms with Crippen molar-refractivity contribution in [2.24, 2.45) is 0 Å². The zero-order valence-electron chi connectivity index (χ0n) is 12.8. The Balaban J connectivity index is -0.000000427. The Morgan fingerprint density at radius 3 is 1.50 bits per heavy atom. The van der Waals surface area contributed by atoms with Crippen LogP contribution in [0.4, 0.5) is 0 Å². The molecule has 0 bridgehead atoms. The van der Waals surface area contributed by atoms with Gasteiger partial charge in [-0.25, -0.2) is 8.42 Å². The van der Waals surface area contributed by atoms with Gasteiger partial charge in [0.25, 0.3) is 0 Å². The van der Waals surface area contributed by atoms with Gasteiger partial charge in [0.15, 0.2) is 0 Å². The van der Waals surface area contributed by atoms with Gasteiger partial charge in [0.2, 0.25) is 10.4 Å². The average molecular weight is 324 g/mol. The maximum Gasteiger partial charge on any atom is 1.00 e. The first kappa shape index (κ1) is 28.9. The van der Waals surface area contributed by atoms with Gasteiger partial charge in [0.1, 0.15) is 0 Å². The molecule has 20 heavy (non-hydrogen) atoms. The van der Waals surface area contributed by atoms with Gasteiger partial charge < -0.3 is 15.5 Å². The van der Waals surface area contributed by atoms with E-state index in [4.69, 9.17) is 0 Å². The quantitative estimate of drug-likeness (QED) is 0.192. The van der Waals surface area contributed by atoms with Gasteiger partial charge in [-0.05, 0) is 6.42 Å². The molecule has 0 spiro atoms. The fourth-order valence-corrected chi connectivity index (χ4v) is 2.07. The van der Waals surface area contributed by atoms with E-state index < -0.39 is 10.4 Å². The molecule has 0 heterocycles. The maximum atomic E-state index is 10.1. The summed E-state index contributed by atoms with van der Waals surface area (Å²) >= 11 is 0. The zero-order valence-corrected chi connectivity index (χ0v) is 15.6. The SMILES string of the molecule is CCCCCCCCCCCCOS(=O)(=O)[O-].O.O.[Na+]. The van der Waals surface area contributed by atoms with E-state index in [1.54, 1.807) is 0 Å². The summed E-state index contributed by atoms with van der Waals surface area (Å²) in [6, 6.07) is 0. The third-order valence-corrected chi connectivity index (χ3v) is 3.18. The van der Waals surface area contributed by atoms with Gasteiger partial charge in [-0.1, -0.05) is 64.7 Å². The predicted molar refractivity (Wildman–Crippen MR) is 74.7 cm³/mol. The van der Waals surface area contributed by atoms with Crippen molar-refractivity contribution in [2.75, 3.05) is 6.61 Å². The number of hydrogen-bond donors (Lipinski definition) is 0. The first-order chi connectivity index (χ1) is 8.06. The summed E-state index contributed by atoms with van der Waals surface area (Å²) in [4.78, 5) is 0. The average Bonchev–Trinajstić information content (AvgIpc) is 2.24. The molecule has 0 aromatic rings. The summed E-state index contributed by atoms with van der Waals surface area (Å²) in [5, 5.41) is 0. The van der Waals surface area contributed by atoms with E-state index in [1.807, 2.05) is 0 Å². The standard InChI is InChI=1S/C12H26O4S.Na.2H2O/c1-2-3-4-5-6-7-8-9-10-11-12-16-17(13,14)15;;;/h2-12H2,1H3,(H,13,14,15);;2*1H2/q;+1;;/p-1. The Morgan fingerprint density at radius 2 is 1.15 bits per heavy atom. The molecule has 0 aliphatic carbocycles. The van der Waals surface area contributed by atoms with Crippen LogP contribution in [0, 0.1) is 0 Å². The summed E-state index contributed by atoms with van der Waals surface area (Å²) in [7, 11) is -4.48. The fourth-order valence-electron chi connectivity index (χ4n) is 1.75. The second kappa shape index (κ2) is 19.8. The van der Waals surface area contributed by atoms with Crippen LogP contribution in [0.2, 0.25) is 0 Å². The molecule has 120 valence electrons. The van der Waals surface area contributed by atoms with Gasteiger partial charge in [0.05, 0.1) is 6.61 Å². The molecule has 0 aliphatic rings.